The number of nitrogens with one attached hydrogen (secondary N) is 2. The number of urea groups is 1. The number of sulfone groups is 1. The minimum absolute atomic E-state index is 0.0406. The van der Waals surface area contributed by atoms with Crippen molar-refractivity contribution in [2.24, 2.45) is 0 Å². The molecule has 1 aliphatic carbocycles. The van der Waals surface area contributed by atoms with Crippen LogP contribution in [0.2, 0.25) is 0 Å². The van der Waals surface area contributed by atoms with Crippen molar-refractivity contribution in [2.75, 3.05) is 16.8 Å². The summed E-state index contributed by atoms with van der Waals surface area (Å²) in [4.78, 5) is 13.2. The molecule has 3 rings (SSSR count). The van der Waals surface area contributed by atoms with Crippen LogP contribution in [0.5, 0.6) is 0 Å². The molecule has 23 heavy (non-hydrogen) atoms. The highest BCUT2D eigenvalue weighted by molar-refractivity contribution is 8.00. The van der Waals surface area contributed by atoms with Gasteiger partial charge in [0.2, 0.25) is 0 Å². The van der Waals surface area contributed by atoms with E-state index in [1.54, 1.807) is 0 Å². The maximum absolute atomic E-state index is 12.1. The van der Waals surface area contributed by atoms with Gasteiger partial charge in [0.15, 0.2) is 9.84 Å². The van der Waals surface area contributed by atoms with Crippen LogP contribution in [-0.2, 0) is 9.84 Å². The third-order valence-electron chi connectivity index (χ3n) is 4.30. The molecule has 2 amide bonds. The Morgan fingerprint density at radius 2 is 1.87 bits per heavy atom. The van der Waals surface area contributed by atoms with E-state index in [2.05, 4.69) is 10.6 Å². The van der Waals surface area contributed by atoms with Gasteiger partial charge in [0.05, 0.1) is 17.2 Å². The van der Waals surface area contributed by atoms with Crippen molar-refractivity contribution in [1.29, 1.82) is 0 Å². The first-order valence-corrected chi connectivity index (χ1v) is 10.8. The van der Waals surface area contributed by atoms with Gasteiger partial charge in [0.1, 0.15) is 0 Å². The predicted octanol–water partition coefficient (Wildman–Crippen LogP) is 3.03. The van der Waals surface area contributed by atoms with Gasteiger partial charge in [0.25, 0.3) is 0 Å². The van der Waals surface area contributed by atoms with Crippen molar-refractivity contribution < 1.29 is 13.2 Å². The topological polar surface area (TPSA) is 75.3 Å². The van der Waals surface area contributed by atoms with Gasteiger partial charge in [0, 0.05) is 16.2 Å². The maximum atomic E-state index is 12.1. The van der Waals surface area contributed by atoms with Crippen LogP contribution in [0.1, 0.15) is 32.1 Å². The van der Waals surface area contributed by atoms with Gasteiger partial charge >= 0.3 is 6.03 Å². The van der Waals surface area contributed by atoms with E-state index in [9.17, 15) is 13.2 Å². The molecule has 1 aromatic carbocycles. The largest absolute Gasteiger partial charge is 0.334 e. The summed E-state index contributed by atoms with van der Waals surface area (Å²) in [5.41, 5.74) is 0.794. The van der Waals surface area contributed by atoms with Gasteiger partial charge in [-0.25, -0.2) is 13.2 Å². The highest BCUT2D eigenvalue weighted by Gasteiger charge is 2.29. The quantitative estimate of drug-likeness (QED) is 0.871. The highest BCUT2D eigenvalue weighted by Crippen LogP contribution is 2.37. The van der Waals surface area contributed by atoms with E-state index in [0.29, 0.717) is 11.7 Å². The number of hydrogen-bond acceptors (Lipinski definition) is 4. The lowest BCUT2D eigenvalue weighted by Crippen LogP contribution is -2.38. The minimum atomic E-state index is -2.98. The Labute approximate surface area is 141 Å². The molecule has 0 bridgehead atoms. The molecule has 2 N–H and O–H groups in total. The summed E-state index contributed by atoms with van der Waals surface area (Å²) in [6.07, 6.45) is 5.51. The molecule has 1 aromatic rings. The van der Waals surface area contributed by atoms with Gasteiger partial charge in [-0.15, -0.1) is 11.8 Å². The molecule has 0 aromatic heterocycles. The number of hydrogen-bond donors (Lipinski definition) is 2. The molecule has 1 heterocycles. The van der Waals surface area contributed by atoms with E-state index in [-0.39, 0.29) is 23.6 Å². The van der Waals surface area contributed by atoms with Crippen LogP contribution < -0.4 is 10.6 Å². The normalized spacial score (nSPS) is 23.7. The number of anilines is 1. The molecule has 2 fully saturated rings. The summed E-state index contributed by atoms with van der Waals surface area (Å²) in [6, 6.07) is 7.18. The third kappa shape index (κ3) is 4.64. The van der Waals surface area contributed by atoms with E-state index in [1.807, 2.05) is 36.0 Å². The fraction of sp³-hybridized carbons (Fsp3) is 0.562. The molecule has 5 nitrogen and oxygen atoms in total. The lowest BCUT2D eigenvalue weighted by atomic mass is 10.3. The molecule has 126 valence electrons. The van der Waals surface area contributed by atoms with Crippen LogP contribution >= 0.6 is 11.8 Å². The number of carbonyl (C=O) groups is 1. The summed E-state index contributed by atoms with van der Waals surface area (Å²) in [5.74, 6) is 0.199. The Bertz CT molecular complexity index is 670. The van der Waals surface area contributed by atoms with Crippen LogP contribution in [0.25, 0.3) is 0 Å². The van der Waals surface area contributed by atoms with Crippen LogP contribution in [0.3, 0.4) is 0 Å². The second-order valence-electron chi connectivity index (χ2n) is 6.22. The van der Waals surface area contributed by atoms with Crippen molar-refractivity contribution in [3.8, 4) is 0 Å². The van der Waals surface area contributed by atoms with Crippen molar-refractivity contribution in [1.82, 2.24) is 5.32 Å². The molecule has 1 saturated carbocycles. The average molecular weight is 354 g/mol. The first-order valence-electron chi connectivity index (χ1n) is 8.05. The zero-order valence-corrected chi connectivity index (χ0v) is 14.6. The van der Waals surface area contributed by atoms with Gasteiger partial charge in [-0.05, 0) is 31.4 Å². The lowest BCUT2D eigenvalue weighted by Gasteiger charge is -2.16. The smallest absolute Gasteiger partial charge is 0.319 e. The Morgan fingerprint density at radius 1 is 1.13 bits per heavy atom. The van der Waals surface area contributed by atoms with Crippen LogP contribution in [0, 0.1) is 0 Å². The van der Waals surface area contributed by atoms with Crippen molar-refractivity contribution >= 4 is 33.3 Å². The third-order valence-corrected chi connectivity index (χ3v) is 7.48. The number of amides is 2. The molecule has 1 aliphatic heterocycles. The number of benzene rings is 1. The maximum Gasteiger partial charge on any atom is 0.319 e. The SMILES string of the molecule is O=C(Nc1ccccc1SC1CCCC1)NC1CCS(=O)(=O)C1. The number of thioether (sulfide) groups is 1. The first kappa shape index (κ1) is 16.6. The standard InChI is InChI=1S/C16H22N2O3S2/c19-16(17-12-9-10-23(20,21)11-12)18-14-7-3-4-8-15(14)22-13-5-1-2-6-13/h3-4,7-8,12-13H,1-2,5-6,9-11H2,(H2,17,18,19). The molecule has 0 radical (unpaired) electrons. The lowest BCUT2D eigenvalue weighted by molar-refractivity contribution is 0.249. The molecule has 7 heteroatoms. The fourth-order valence-electron chi connectivity index (χ4n) is 3.11. The average Bonchev–Trinajstić information content (AvgIpc) is 3.10. The van der Waals surface area contributed by atoms with Crippen LogP contribution in [-0.4, -0.2) is 37.2 Å². The van der Waals surface area contributed by atoms with Crippen LogP contribution in [0.15, 0.2) is 29.2 Å². The van der Waals surface area contributed by atoms with Crippen molar-refractivity contribution in [3.05, 3.63) is 24.3 Å². The minimum Gasteiger partial charge on any atom is -0.334 e. The van der Waals surface area contributed by atoms with Crippen molar-refractivity contribution in [3.63, 3.8) is 0 Å². The van der Waals surface area contributed by atoms with Crippen LogP contribution in [0.4, 0.5) is 10.5 Å². The second kappa shape index (κ2) is 7.13. The highest BCUT2D eigenvalue weighted by atomic mass is 32.2. The van der Waals surface area contributed by atoms with Gasteiger partial charge < -0.3 is 10.6 Å². The molecule has 1 unspecified atom stereocenters. The molecule has 1 saturated heterocycles. The summed E-state index contributed by atoms with van der Waals surface area (Å²) in [6.45, 7) is 0. The summed E-state index contributed by atoms with van der Waals surface area (Å²) < 4.78 is 22.9. The molecule has 1 atom stereocenters. The van der Waals surface area contributed by atoms with Gasteiger partial charge in [-0.3, -0.25) is 0 Å². The number of para-hydroxylation sites is 1. The Morgan fingerprint density at radius 3 is 2.57 bits per heavy atom. The summed E-state index contributed by atoms with van der Waals surface area (Å²) in [7, 11) is -2.98. The van der Waals surface area contributed by atoms with E-state index in [1.165, 1.54) is 25.7 Å². The Kier molecular flexibility index (Phi) is 5.16. The van der Waals surface area contributed by atoms with E-state index < -0.39 is 9.84 Å². The van der Waals surface area contributed by atoms with E-state index in [0.717, 1.165) is 10.6 Å². The van der Waals surface area contributed by atoms with Crippen molar-refractivity contribution in [2.45, 2.75) is 48.3 Å². The monoisotopic (exact) mass is 354 g/mol. The Balaban J connectivity index is 1.59. The molecule has 2 aliphatic rings. The van der Waals surface area contributed by atoms with Gasteiger partial charge in [-0.2, -0.15) is 0 Å². The zero-order chi connectivity index (χ0) is 16.3. The fourth-order valence-corrected chi connectivity index (χ4v) is 6.12. The van der Waals surface area contributed by atoms with Gasteiger partial charge in [-0.1, -0.05) is 25.0 Å². The molecular formula is C16H22N2O3S2. The zero-order valence-electron chi connectivity index (χ0n) is 13.0. The predicted molar refractivity (Wildman–Crippen MR) is 93.8 cm³/mol. The van der Waals surface area contributed by atoms with E-state index >= 15 is 0 Å². The summed E-state index contributed by atoms with van der Waals surface area (Å²) in [5, 5.41) is 6.26. The Hall–Kier alpha value is -1.21. The molecular weight excluding hydrogens is 332 g/mol. The second-order valence-corrected chi connectivity index (χ2v) is 9.79. The first-order chi connectivity index (χ1) is 11.0. The number of rotatable bonds is 4. The number of carbonyl (C=O) groups excluding carboxylic acids is 1. The molecule has 0 spiro atoms. The van der Waals surface area contributed by atoms with E-state index in [4.69, 9.17) is 0 Å². The summed E-state index contributed by atoms with van der Waals surface area (Å²) >= 11 is 1.82.